The summed E-state index contributed by atoms with van der Waals surface area (Å²) in [5.41, 5.74) is 5.09. The highest BCUT2D eigenvalue weighted by molar-refractivity contribution is 7.16. The average Bonchev–Trinajstić information content (AvgIpc) is 3.12. The number of nitrogens with one attached hydrogen (secondary N) is 1. The molecule has 1 aliphatic rings. The maximum atomic E-state index is 4.70. The lowest BCUT2D eigenvalue weighted by Gasteiger charge is -2.36. The van der Waals surface area contributed by atoms with Gasteiger partial charge in [0, 0.05) is 32.2 Å². The van der Waals surface area contributed by atoms with E-state index in [2.05, 4.69) is 53.4 Å². The van der Waals surface area contributed by atoms with Gasteiger partial charge in [0.15, 0.2) is 0 Å². The van der Waals surface area contributed by atoms with Crippen LogP contribution in [0, 0.1) is 13.8 Å². The quantitative estimate of drug-likeness (QED) is 0.738. The van der Waals surface area contributed by atoms with Gasteiger partial charge >= 0.3 is 0 Å². The molecule has 0 bridgehead atoms. The molecule has 0 amide bonds. The Morgan fingerprint density at radius 1 is 1.23 bits per heavy atom. The number of fused-ring (bicyclic) bond motifs is 1. The van der Waals surface area contributed by atoms with Gasteiger partial charge in [0.25, 0.3) is 0 Å². The molecule has 4 rings (SSSR count). The molecule has 1 aromatic carbocycles. The van der Waals surface area contributed by atoms with Crippen molar-refractivity contribution in [1.29, 1.82) is 0 Å². The predicted octanol–water partition coefficient (Wildman–Crippen LogP) is 3.54. The van der Waals surface area contributed by atoms with Gasteiger partial charge in [0.2, 0.25) is 4.96 Å². The maximum Gasteiger partial charge on any atom is 0.212 e. The van der Waals surface area contributed by atoms with Crippen LogP contribution in [0.25, 0.3) is 4.96 Å². The highest BCUT2D eigenvalue weighted by Gasteiger charge is 2.26. The standard InChI is InChI=1S/C19H25N5S.ClH/c1-4-15-5-7-16(8-6-15)17-11-20-9-10-23(17)12-18-13(2)21-19-24(18)22-14(3)25-19;/h5-8,17,20H,4,9-12H2,1-3H3;1H. The Kier molecular flexibility index (Phi) is 5.97. The van der Waals surface area contributed by atoms with Gasteiger partial charge in [0.05, 0.1) is 11.4 Å². The fraction of sp³-hybridized carbons (Fsp3) is 0.474. The Morgan fingerprint density at radius 3 is 2.73 bits per heavy atom. The van der Waals surface area contributed by atoms with E-state index in [0.29, 0.717) is 6.04 Å². The predicted molar refractivity (Wildman–Crippen MR) is 109 cm³/mol. The van der Waals surface area contributed by atoms with E-state index in [9.17, 15) is 0 Å². The molecule has 0 spiro atoms. The third kappa shape index (κ3) is 3.64. The molecule has 3 heterocycles. The number of aryl methyl sites for hydroxylation is 3. The van der Waals surface area contributed by atoms with Gasteiger partial charge < -0.3 is 5.32 Å². The van der Waals surface area contributed by atoms with Gasteiger partial charge in [-0.2, -0.15) is 5.10 Å². The molecular weight excluding hydrogens is 366 g/mol. The molecular formula is C19H26ClN5S. The first-order valence-corrected chi connectivity index (χ1v) is 9.82. The monoisotopic (exact) mass is 391 g/mol. The van der Waals surface area contributed by atoms with Crippen LogP contribution in [0.4, 0.5) is 0 Å². The molecule has 1 fully saturated rings. The molecule has 5 nitrogen and oxygen atoms in total. The van der Waals surface area contributed by atoms with Gasteiger partial charge in [-0.1, -0.05) is 42.5 Å². The first-order chi connectivity index (χ1) is 12.2. The topological polar surface area (TPSA) is 45.5 Å². The lowest BCUT2D eigenvalue weighted by Crippen LogP contribution is -2.45. The fourth-order valence-corrected chi connectivity index (χ4v) is 4.41. The van der Waals surface area contributed by atoms with Crippen molar-refractivity contribution in [3.8, 4) is 0 Å². The zero-order valence-corrected chi connectivity index (χ0v) is 17.2. The summed E-state index contributed by atoms with van der Waals surface area (Å²) in [6, 6.07) is 9.48. The van der Waals surface area contributed by atoms with Crippen molar-refractivity contribution >= 4 is 28.7 Å². The molecule has 0 aliphatic carbocycles. The third-order valence-corrected chi connectivity index (χ3v) is 5.90. The minimum absolute atomic E-state index is 0. The summed E-state index contributed by atoms with van der Waals surface area (Å²) in [4.78, 5) is 8.26. The molecule has 3 aromatic rings. The van der Waals surface area contributed by atoms with Gasteiger partial charge in [-0.3, -0.25) is 4.90 Å². The van der Waals surface area contributed by atoms with Crippen LogP contribution in [0.3, 0.4) is 0 Å². The van der Waals surface area contributed by atoms with E-state index in [1.807, 2.05) is 11.4 Å². The van der Waals surface area contributed by atoms with E-state index in [4.69, 9.17) is 4.98 Å². The van der Waals surface area contributed by atoms with Gasteiger partial charge in [-0.05, 0) is 31.4 Å². The fourth-order valence-electron chi connectivity index (χ4n) is 3.60. The maximum absolute atomic E-state index is 4.70. The summed E-state index contributed by atoms with van der Waals surface area (Å²) >= 11 is 1.66. The minimum Gasteiger partial charge on any atom is -0.314 e. The van der Waals surface area contributed by atoms with Crippen LogP contribution in [0.5, 0.6) is 0 Å². The van der Waals surface area contributed by atoms with E-state index < -0.39 is 0 Å². The Labute approximate surface area is 164 Å². The van der Waals surface area contributed by atoms with Crippen LogP contribution in [0.2, 0.25) is 0 Å². The SMILES string of the molecule is CCc1ccc(C2CNCCN2Cc2c(C)nc3sc(C)nn23)cc1.Cl. The summed E-state index contributed by atoms with van der Waals surface area (Å²) in [6.45, 7) is 10.3. The minimum atomic E-state index is 0. The van der Waals surface area contributed by atoms with Crippen LogP contribution >= 0.6 is 23.7 Å². The Balaban J connectivity index is 0.00000196. The molecule has 1 unspecified atom stereocenters. The van der Waals surface area contributed by atoms with Crippen LogP contribution in [-0.2, 0) is 13.0 Å². The Bertz CT molecular complexity index is 870. The van der Waals surface area contributed by atoms with Crippen LogP contribution in [0.1, 0.15) is 40.5 Å². The largest absolute Gasteiger partial charge is 0.314 e. The number of hydrogen-bond acceptors (Lipinski definition) is 5. The summed E-state index contributed by atoms with van der Waals surface area (Å²) in [7, 11) is 0. The van der Waals surface area contributed by atoms with Crippen molar-refractivity contribution < 1.29 is 0 Å². The number of halogens is 1. The van der Waals surface area contributed by atoms with Gasteiger partial charge in [-0.15, -0.1) is 12.4 Å². The molecule has 7 heteroatoms. The van der Waals surface area contributed by atoms with Crippen molar-refractivity contribution in [3.05, 3.63) is 51.8 Å². The average molecular weight is 392 g/mol. The summed E-state index contributed by atoms with van der Waals surface area (Å²) in [5, 5.41) is 9.27. The van der Waals surface area contributed by atoms with Gasteiger partial charge in [-0.25, -0.2) is 9.50 Å². The zero-order valence-electron chi connectivity index (χ0n) is 15.5. The van der Waals surface area contributed by atoms with E-state index in [1.165, 1.54) is 16.8 Å². The Morgan fingerprint density at radius 2 is 2.00 bits per heavy atom. The highest BCUT2D eigenvalue weighted by atomic mass is 35.5. The molecule has 1 atom stereocenters. The van der Waals surface area contributed by atoms with E-state index in [0.717, 1.165) is 48.3 Å². The number of benzene rings is 1. The number of hydrogen-bond donors (Lipinski definition) is 1. The number of aromatic nitrogens is 3. The molecule has 0 saturated carbocycles. The summed E-state index contributed by atoms with van der Waals surface area (Å²) in [5.74, 6) is 0. The first-order valence-electron chi connectivity index (χ1n) is 9.01. The number of imidazole rings is 1. The number of piperazine rings is 1. The second kappa shape index (κ2) is 8.05. The molecule has 0 radical (unpaired) electrons. The second-order valence-corrected chi connectivity index (χ2v) is 7.90. The highest BCUT2D eigenvalue weighted by Crippen LogP contribution is 2.26. The molecule has 1 aliphatic heterocycles. The smallest absolute Gasteiger partial charge is 0.212 e. The summed E-state index contributed by atoms with van der Waals surface area (Å²) in [6.07, 6.45) is 1.09. The van der Waals surface area contributed by atoms with E-state index in [-0.39, 0.29) is 12.4 Å². The third-order valence-electron chi connectivity index (χ3n) is 5.08. The van der Waals surface area contributed by atoms with Crippen LogP contribution in [0.15, 0.2) is 24.3 Å². The van der Waals surface area contributed by atoms with Crippen LogP contribution in [-0.4, -0.2) is 39.1 Å². The van der Waals surface area contributed by atoms with Crippen molar-refractivity contribution in [2.24, 2.45) is 0 Å². The molecule has 1 N–H and O–H groups in total. The van der Waals surface area contributed by atoms with Crippen molar-refractivity contribution in [2.45, 2.75) is 39.8 Å². The Hall–Kier alpha value is -1.47. The first kappa shape index (κ1) is 19.3. The lowest BCUT2D eigenvalue weighted by atomic mass is 10.0. The molecule has 1 saturated heterocycles. The normalized spacial score (nSPS) is 18.2. The summed E-state index contributed by atoms with van der Waals surface area (Å²) < 4.78 is 2.04. The molecule has 140 valence electrons. The lowest BCUT2D eigenvalue weighted by molar-refractivity contribution is 0.151. The number of rotatable bonds is 4. The van der Waals surface area contributed by atoms with Crippen molar-refractivity contribution in [3.63, 3.8) is 0 Å². The van der Waals surface area contributed by atoms with Gasteiger partial charge in [0.1, 0.15) is 5.01 Å². The zero-order chi connectivity index (χ0) is 17.4. The molecule has 2 aromatic heterocycles. The second-order valence-electron chi connectivity index (χ2n) is 6.74. The van der Waals surface area contributed by atoms with E-state index in [1.54, 1.807) is 11.3 Å². The molecule has 26 heavy (non-hydrogen) atoms. The van der Waals surface area contributed by atoms with Crippen molar-refractivity contribution in [2.75, 3.05) is 19.6 Å². The number of nitrogens with zero attached hydrogens (tertiary/aromatic N) is 4. The van der Waals surface area contributed by atoms with E-state index >= 15 is 0 Å². The van der Waals surface area contributed by atoms with Crippen LogP contribution < -0.4 is 5.32 Å². The van der Waals surface area contributed by atoms with Crippen molar-refractivity contribution in [1.82, 2.24) is 24.8 Å².